The van der Waals surface area contributed by atoms with E-state index in [0.29, 0.717) is 12.1 Å². The van der Waals surface area contributed by atoms with E-state index < -0.39 is 17.5 Å². The third kappa shape index (κ3) is 3.03. The van der Waals surface area contributed by atoms with Crippen molar-refractivity contribution < 1.29 is 18.3 Å². The predicted octanol–water partition coefficient (Wildman–Crippen LogP) is 2.65. The van der Waals surface area contributed by atoms with Gasteiger partial charge in [-0.2, -0.15) is 5.10 Å². The lowest BCUT2D eigenvalue weighted by Gasteiger charge is -2.26. The number of nitrogens with zero attached hydrogens (tertiary/aromatic N) is 2. The van der Waals surface area contributed by atoms with Crippen molar-refractivity contribution in [1.82, 2.24) is 15.1 Å². The van der Waals surface area contributed by atoms with Gasteiger partial charge >= 0.3 is 0 Å². The van der Waals surface area contributed by atoms with Crippen molar-refractivity contribution in [1.29, 1.82) is 0 Å². The quantitative estimate of drug-likeness (QED) is 0.938. The van der Waals surface area contributed by atoms with E-state index in [0.717, 1.165) is 29.5 Å². The van der Waals surface area contributed by atoms with E-state index in [-0.39, 0.29) is 24.3 Å². The zero-order chi connectivity index (χ0) is 17.4. The standard InChI is InChI=1S/C17H19F2N3O2/c1-9-6-13-15(21-22(3)16(13)10(2)24-9)17(23)20-8-11-7-12(18)4-5-14(11)19/h4-5,7,9-10H,6,8H2,1-3H3,(H,20,23)/t9-,10+/m1/s1. The molecule has 0 aliphatic carbocycles. The van der Waals surface area contributed by atoms with Gasteiger partial charge in [-0.15, -0.1) is 0 Å². The van der Waals surface area contributed by atoms with Crippen LogP contribution in [0.1, 0.15) is 47.3 Å². The highest BCUT2D eigenvalue weighted by Gasteiger charge is 2.31. The Morgan fingerprint density at radius 1 is 1.42 bits per heavy atom. The Bertz CT molecular complexity index is 788. The van der Waals surface area contributed by atoms with Gasteiger partial charge in [-0.25, -0.2) is 8.78 Å². The molecule has 5 nitrogen and oxygen atoms in total. The number of halogens is 2. The summed E-state index contributed by atoms with van der Waals surface area (Å²) in [7, 11) is 1.76. The average molecular weight is 335 g/mol. The van der Waals surface area contributed by atoms with Crippen molar-refractivity contribution in [3.05, 3.63) is 52.3 Å². The van der Waals surface area contributed by atoms with Gasteiger partial charge in [0.1, 0.15) is 11.6 Å². The molecule has 2 aromatic rings. The molecule has 0 spiro atoms. The highest BCUT2D eigenvalue weighted by molar-refractivity contribution is 5.94. The Morgan fingerprint density at radius 2 is 2.17 bits per heavy atom. The molecule has 0 saturated heterocycles. The van der Waals surface area contributed by atoms with Gasteiger partial charge in [0.15, 0.2) is 5.69 Å². The smallest absolute Gasteiger partial charge is 0.272 e. The molecule has 3 rings (SSSR count). The molecule has 1 N–H and O–H groups in total. The first-order valence-electron chi connectivity index (χ1n) is 7.80. The number of fused-ring (bicyclic) bond motifs is 1. The second-order valence-corrected chi connectivity index (χ2v) is 6.05. The number of aryl methyl sites for hydroxylation is 1. The molecule has 1 aliphatic rings. The summed E-state index contributed by atoms with van der Waals surface area (Å²) in [4.78, 5) is 12.5. The molecule has 24 heavy (non-hydrogen) atoms. The summed E-state index contributed by atoms with van der Waals surface area (Å²) in [5.41, 5.74) is 2.13. The first-order valence-corrected chi connectivity index (χ1v) is 7.80. The topological polar surface area (TPSA) is 56.2 Å². The maximum Gasteiger partial charge on any atom is 0.272 e. The van der Waals surface area contributed by atoms with E-state index in [2.05, 4.69) is 10.4 Å². The molecule has 1 aromatic heterocycles. The summed E-state index contributed by atoms with van der Waals surface area (Å²) in [6.45, 7) is 3.76. The maximum atomic E-state index is 13.6. The van der Waals surface area contributed by atoms with Gasteiger partial charge in [-0.3, -0.25) is 9.48 Å². The molecule has 2 heterocycles. The highest BCUT2D eigenvalue weighted by Crippen LogP contribution is 2.31. The minimum Gasteiger partial charge on any atom is -0.369 e. The molecule has 0 radical (unpaired) electrons. The maximum absolute atomic E-state index is 13.6. The molecule has 128 valence electrons. The van der Waals surface area contributed by atoms with Crippen LogP contribution in [0.5, 0.6) is 0 Å². The van der Waals surface area contributed by atoms with E-state index in [1.807, 2.05) is 13.8 Å². The molecular formula is C17H19F2N3O2. The Labute approximate surface area is 138 Å². The molecule has 0 unspecified atom stereocenters. The van der Waals surface area contributed by atoms with Crippen molar-refractivity contribution >= 4 is 5.91 Å². The van der Waals surface area contributed by atoms with E-state index in [4.69, 9.17) is 4.74 Å². The minimum absolute atomic E-state index is 0.0103. The summed E-state index contributed by atoms with van der Waals surface area (Å²) in [6.07, 6.45) is 0.428. The monoisotopic (exact) mass is 335 g/mol. The fraction of sp³-hybridized carbons (Fsp3) is 0.412. The van der Waals surface area contributed by atoms with Crippen LogP contribution < -0.4 is 5.32 Å². The first-order chi connectivity index (χ1) is 11.4. The fourth-order valence-corrected chi connectivity index (χ4v) is 3.16. The molecule has 1 aliphatic heterocycles. The van der Waals surface area contributed by atoms with Gasteiger partial charge in [-0.05, 0) is 32.0 Å². The molecule has 0 fully saturated rings. The van der Waals surface area contributed by atoms with Gasteiger partial charge in [0.25, 0.3) is 5.91 Å². The summed E-state index contributed by atoms with van der Waals surface area (Å²) >= 11 is 0. The van der Waals surface area contributed by atoms with E-state index in [1.165, 1.54) is 0 Å². The number of carbonyl (C=O) groups is 1. The summed E-state index contributed by atoms with van der Waals surface area (Å²) in [5.74, 6) is -1.51. The van der Waals surface area contributed by atoms with Crippen LogP contribution in [0.3, 0.4) is 0 Å². The number of ether oxygens (including phenoxy) is 1. The van der Waals surface area contributed by atoms with E-state index in [1.54, 1.807) is 11.7 Å². The minimum atomic E-state index is -0.560. The number of aromatic nitrogens is 2. The molecular weight excluding hydrogens is 316 g/mol. The molecule has 7 heteroatoms. The number of carbonyl (C=O) groups excluding carboxylic acids is 1. The average Bonchev–Trinajstić information content (AvgIpc) is 2.85. The number of rotatable bonds is 3. The number of hydrogen-bond donors (Lipinski definition) is 1. The van der Waals surface area contributed by atoms with Crippen LogP contribution in [-0.2, 0) is 24.8 Å². The Hall–Kier alpha value is -2.28. The van der Waals surface area contributed by atoms with Gasteiger partial charge in [-0.1, -0.05) is 0 Å². The second kappa shape index (κ2) is 6.32. The van der Waals surface area contributed by atoms with Gasteiger partial charge < -0.3 is 10.1 Å². The van der Waals surface area contributed by atoms with Crippen molar-refractivity contribution in [2.75, 3.05) is 0 Å². The van der Waals surface area contributed by atoms with Crippen LogP contribution in [-0.4, -0.2) is 21.8 Å². The SMILES string of the molecule is C[C@@H]1Cc2c(C(=O)NCc3cc(F)ccc3F)nn(C)c2[C@H](C)O1. The van der Waals surface area contributed by atoms with Crippen LogP contribution in [0.15, 0.2) is 18.2 Å². The zero-order valence-corrected chi connectivity index (χ0v) is 13.8. The Balaban J connectivity index is 1.81. The second-order valence-electron chi connectivity index (χ2n) is 6.05. The largest absolute Gasteiger partial charge is 0.369 e. The fourth-order valence-electron chi connectivity index (χ4n) is 3.16. The Morgan fingerprint density at radius 3 is 2.92 bits per heavy atom. The van der Waals surface area contributed by atoms with Gasteiger partial charge in [0, 0.05) is 31.1 Å². The van der Waals surface area contributed by atoms with Gasteiger partial charge in [0.05, 0.1) is 17.9 Å². The molecule has 0 bridgehead atoms. The molecule has 1 aromatic carbocycles. The summed E-state index contributed by atoms with van der Waals surface area (Å²) in [5, 5.41) is 6.90. The number of nitrogens with one attached hydrogen (secondary N) is 1. The van der Waals surface area contributed by atoms with E-state index >= 15 is 0 Å². The van der Waals surface area contributed by atoms with Crippen molar-refractivity contribution in [2.24, 2.45) is 7.05 Å². The van der Waals surface area contributed by atoms with Gasteiger partial charge in [0.2, 0.25) is 0 Å². The number of benzene rings is 1. The summed E-state index contributed by atoms with van der Waals surface area (Å²) in [6, 6.07) is 3.15. The zero-order valence-electron chi connectivity index (χ0n) is 13.8. The summed E-state index contributed by atoms with van der Waals surface area (Å²) < 4.78 is 34.3. The number of hydrogen-bond acceptors (Lipinski definition) is 3. The normalized spacial score (nSPS) is 19.9. The van der Waals surface area contributed by atoms with Crippen LogP contribution >= 0.6 is 0 Å². The lowest BCUT2D eigenvalue weighted by atomic mass is 9.99. The molecule has 0 saturated carbocycles. The van der Waals surface area contributed by atoms with Crippen molar-refractivity contribution in [3.8, 4) is 0 Å². The molecule has 2 atom stereocenters. The van der Waals surface area contributed by atoms with Crippen LogP contribution in [0.2, 0.25) is 0 Å². The first kappa shape index (κ1) is 16.6. The third-order valence-corrected chi connectivity index (χ3v) is 4.17. The lowest BCUT2D eigenvalue weighted by Crippen LogP contribution is -2.27. The number of amides is 1. The van der Waals surface area contributed by atoms with E-state index in [9.17, 15) is 13.6 Å². The van der Waals surface area contributed by atoms with Crippen molar-refractivity contribution in [3.63, 3.8) is 0 Å². The van der Waals surface area contributed by atoms with Crippen LogP contribution in [0, 0.1) is 11.6 Å². The molecule has 1 amide bonds. The lowest BCUT2D eigenvalue weighted by molar-refractivity contribution is -0.00903. The van der Waals surface area contributed by atoms with Crippen LogP contribution in [0.4, 0.5) is 8.78 Å². The van der Waals surface area contributed by atoms with Crippen LogP contribution in [0.25, 0.3) is 0 Å². The highest BCUT2D eigenvalue weighted by atomic mass is 19.1. The Kier molecular flexibility index (Phi) is 4.36. The third-order valence-electron chi connectivity index (χ3n) is 4.17. The predicted molar refractivity (Wildman–Crippen MR) is 83.4 cm³/mol. The van der Waals surface area contributed by atoms with Crippen molar-refractivity contribution in [2.45, 2.75) is 39.0 Å².